The quantitative estimate of drug-likeness (QED) is 0.602. The third-order valence-electron chi connectivity index (χ3n) is 4.28. The molecule has 0 aromatic heterocycles. The predicted octanol–water partition coefficient (Wildman–Crippen LogP) is 4.84. The molecular formula is C17H24O4. The van der Waals surface area contributed by atoms with Crippen LogP contribution in [0.1, 0.15) is 68.9 Å². The van der Waals surface area contributed by atoms with Crippen molar-refractivity contribution in [2.45, 2.75) is 64.2 Å². The lowest BCUT2D eigenvalue weighted by Gasteiger charge is -2.26. The monoisotopic (exact) mass is 292 g/mol. The van der Waals surface area contributed by atoms with Gasteiger partial charge in [-0.2, -0.15) is 0 Å². The molecule has 1 aliphatic carbocycles. The Morgan fingerprint density at radius 1 is 1.29 bits per heavy atom. The summed E-state index contributed by atoms with van der Waals surface area (Å²) in [6.07, 6.45) is 7.39. The molecule has 0 aliphatic heterocycles. The van der Waals surface area contributed by atoms with E-state index < -0.39 is 6.16 Å². The number of phenols is 1. The highest BCUT2D eigenvalue weighted by Gasteiger charge is 2.24. The number of carboxylic acid groups (broad SMARTS) is 1. The number of hydrogen-bond acceptors (Lipinski definition) is 3. The molecule has 1 saturated carbocycles. The summed E-state index contributed by atoms with van der Waals surface area (Å²) >= 11 is 0. The fourth-order valence-electron chi connectivity index (χ4n) is 3.24. The van der Waals surface area contributed by atoms with Crippen LogP contribution in [0.2, 0.25) is 0 Å². The maximum Gasteiger partial charge on any atom is 0.511 e. The normalized spacial score (nSPS) is 15.9. The first kappa shape index (κ1) is 15.7. The Kier molecular flexibility index (Phi) is 5.48. The summed E-state index contributed by atoms with van der Waals surface area (Å²) in [5.41, 5.74) is 2.06. The molecule has 1 aromatic carbocycles. The first-order chi connectivity index (χ1) is 10.1. The van der Waals surface area contributed by atoms with Gasteiger partial charge in [0.15, 0.2) is 11.5 Å². The Morgan fingerprint density at radius 3 is 2.62 bits per heavy atom. The van der Waals surface area contributed by atoms with Crippen molar-refractivity contribution in [3.63, 3.8) is 0 Å². The van der Waals surface area contributed by atoms with Gasteiger partial charge in [0.1, 0.15) is 0 Å². The van der Waals surface area contributed by atoms with Gasteiger partial charge in [0.05, 0.1) is 0 Å². The van der Waals surface area contributed by atoms with E-state index in [9.17, 15) is 9.90 Å². The van der Waals surface area contributed by atoms with E-state index in [0.717, 1.165) is 43.2 Å². The highest BCUT2D eigenvalue weighted by atomic mass is 16.7. The zero-order valence-corrected chi connectivity index (χ0v) is 12.6. The van der Waals surface area contributed by atoms with Crippen molar-refractivity contribution in [2.75, 3.05) is 0 Å². The molecule has 0 spiro atoms. The van der Waals surface area contributed by atoms with Crippen molar-refractivity contribution in [1.29, 1.82) is 0 Å². The average Bonchev–Trinajstić information content (AvgIpc) is 2.48. The lowest BCUT2D eigenvalue weighted by molar-refractivity contribution is 0.142. The maximum atomic E-state index is 10.7. The van der Waals surface area contributed by atoms with Gasteiger partial charge in [0, 0.05) is 5.56 Å². The van der Waals surface area contributed by atoms with Gasteiger partial charge in [-0.1, -0.05) is 38.7 Å². The topological polar surface area (TPSA) is 66.8 Å². The number of hydrogen-bond donors (Lipinski definition) is 2. The molecule has 2 rings (SSSR count). The van der Waals surface area contributed by atoms with Crippen LogP contribution in [-0.2, 0) is 6.42 Å². The average molecular weight is 292 g/mol. The summed E-state index contributed by atoms with van der Waals surface area (Å²) in [6.45, 7) is 2.14. The third-order valence-corrected chi connectivity index (χ3v) is 4.28. The molecule has 1 fully saturated rings. The van der Waals surface area contributed by atoms with Crippen LogP contribution < -0.4 is 4.74 Å². The summed E-state index contributed by atoms with van der Waals surface area (Å²) in [5.74, 6) is 0.407. The standard InChI is InChI=1S/C17H24O4/c1-2-3-7-13-10-11-14(21-17(19)20)16(18)15(13)12-8-5-4-6-9-12/h10-12,18H,2-9H2,1H3,(H,19,20). The lowest BCUT2D eigenvalue weighted by Crippen LogP contribution is -2.10. The third kappa shape index (κ3) is 3.90. The molecule has 116 valence electrons. The largest absolute Gasteiger partial charge is 0.511 e. The highest BCUT2D eigenvalue weighted by Crippen LogP contribution is 2.43. The van der Waals surface area contributed by atoms with Gasteiger partial charge in [-0.3, -0.25) is 0 Å². The molecule has 0 saturated heterocycles. The van der Waals surface area contributed by atoms with Crippen molar-refractivity contribution < 1.29 is 19.7 Å². The van der Waals surface area contributed by atoms with Gasteiger partial charge in [-0.05, 0) is 43.2 Å². The molecule has 0 unspecified atom stereocenters. The molecule has 0 radical (unpaired) electrons. The number of carbonyl (C=O) groups is 1. The highest BCUT2D eigenvalue weighted by molar-refractivity contribution is 5.64. The molecule has 0 bridgehead atoms. The number of aryl methyl sites for hydroxylation is 1. The summed E-state index contributed by atoms with van der Waals surface area (Å²) in [7, 11) is 0. The van der Waals surface area contributed by atoms with Gasteiger partial charge in [0.2, 0.25) is 0 Å². The second kappa shape index (κ2) is 7.34. The van der Waals surface area contributed by atoms with E-state index in [1.165, 1.54) is 19.3 Å². The fourth-order valence-corrected chi connectivity index (χ4v) is 3.24. The van der Waals surface area contributed by atoms with Gasteiger partial charge >= 0.3 is 6.16 Å². The molecule has 2 N–H and O–H groups in total. The summed E-state index contributed by atoms with van der Waals surface area (Å²) in [6, 6.07) is 3.48. The van der Waals surface area contributed by atoms with Crippen LogP contribution in [0.5, 0.6) is 11.5 Å². The summed E-state index contributed by atoms with van der Waals surface area (Å²) in [5, 5.41) is 19.3. The van der Waals surface area contributed by atoms with Crippen LogP contribution in [-0.4, -0.2) is 16.4 Å². The first-order valence-corrected chi connectivity index (χ1v) is 7.89. The van der Waals surface area contributed by atoms with E-state index in [0.29, 0.717) is 5.92 Å². The van der Waals surface area contributed by atoms with Gasteiger partial charge in [-0.25, -0.2) is 4.79 Å². The number of ether oxygens (including phenoxy) is 1. The summed E-state index contributed by atoms with van der Waals surface area (Å²) < 4.78 is 4.70. The molecule has 0 amide bonds. The zero-order chi connectivity index (χ0) is 15.2. The van der Waals surface area contributed by atoms with E-state index in [1.54, 1.807) is 6.07 Å². The van der Waals surface area contributed by atoms with Crippen molar-refractivity contribution in [3.8, 4) is 11.5 Å². The number of unbranched alkanes of at least 4 members (excludes halogenated alkanes) is 1. The summed E-state index contributed by atoms with van der Waals surface area (Å²) in [4.78, 5) is 10.7. The Bertz CT molecular complexity index is 490. The number of aromatic hydroxyl groups is 1. The van der Waals surface area contributed by atoms with Crippen molar-refractivity contribution in [3.05, 3.63) is 23.3 Å². The SMILES string of the molecule is CCCCc1ccc(OC(=O)O)c(O)c1C1CCCCC1. The Hall–Kier alpha value is -1.71. The van der Waals surface area contributed by atoms with E-state index in [1.807, 2.05) is 6.07 Å². The molecular weight excluding hydrogens is 268 g/mol. The second-order valence-corrected chi connectivity index (χ2v) is 5.79. The van der Waals surface area contributed by atoms with Crippen LogP contribution in [0.3, 0.4) is 0 Å². The minimum atomic E-state index is -1.39. The van der Waals surface area contributed by atoms with E-state index >= 15 is 0 Å². The van der Waals surface area contributed by atoms with Crippen molar-refractivity contribution >= 4 is 6.16 Å². The predicted molar refractivity (Wildman–Crippen MR) is 81.2 cm³/mol. The van der Waals surface area contributed by atoms with Crippen molar-refractivity contribution in [1.82, 2.24) is 0 Å². The van der Waals surface area contributed by atoms with E-state index in [2.05, 4.69) is 6.92 Å². The number of rotatable bonds is 5. The smallest absolute Gasteiger partial charge is 0.504 e. The Morgan fingerprint density at radius 2 is 2.00 bits per heavy atom. The minimum absolute atomic E-state index is 0.0258. The van der Waals surface area contributed by atoms with Crippen LogP contribution in [0.15, 0.2) is 12.1 Å². The molecule has 4 heteroatoms. The fraction of sp³-hybridized carbons (Fsp3) is 0.588. The molecule has 1 aliphatic rings. The van der Waals surface area contributed by atoms with Gasteiger partial charge in [-0.15, -0.1) is 0 Å². The Labute approximate surface area is 125 Å². The van der Waals surface area contributed by atoms with E-state index in [-0.39, 0.29) is 11.5 Å². The Balaban J connectivity index is 2.36. The van der Waals surface area contributed by atoms with E-state index in [4.69, 9.17) is 9.84 Å². The van der Waals surface area contributed by atoms with Crippen molar-refractivity contribution in [2.24, 2.45) is 0 Å². The number of benzene rings is 1. The molecule has 4 nitrogen and oxygen atoms in total. The van der Waals surface area contributed by atoms with Crippen LogP contribution in [0.4, 0.5) is 4.79 Å². The van der Waals surface area contributed by atoms with Crippen LogP contribution in [0.25, 0.3) is 0 Å². The van der Waals surface area contributed by atoms with Crippen LogP contribution in [0, 0.1) is 0 Å². The maximum absolute atomic E-state index is 10.7. The number of phenolic OH excluding ortho intramolecular Hbond substituents is 1. The molecule has 21 heavy (non-hydrogen) atoms. The zero-order valence-electron chi connectivity index (χ0n) is 12.6. The van der Waals surface area contributed by atoms with Gasteiger partial charge in [0.25, 0.3) is 0 Å². The van der Waals surface area contributed by atoms with Gasteiger partial charge < -0.3 is 14.9 Å². The second-order valence-electron chi connectivity index (χ2n) is 5.79. The lowest BCUT2D eigenvalue weighted by atomic mass is 9.80. The minimum Gasteiger partial charge on any atom is -0.504 e. The van der Waals surface area contributed by atoms with Crippen LogP contribution >= 0.6 is 0 Å². The molecule has 1 aromatic rings. The molecule has 0 atom stereocenters. The molecule has 0 heterocycles. The first-order valence-electron chi connectivity index (χ1n) is 7.89.